The lowest BCUT2D eigenvalue weighted by Gasteiger charge is -2.39. The Balaban J connectivity index is 1.48. The average molecular weight is 461 g/mol. The maximum absolute atomic E-state index is 10.2. The summed E-state index contributed by atoms with van der Waals surface area (Å²) in [4.78, 5) is 12.3. The first-order chi connectivity index (χ1) is 16.6. The number of aromatic nitrogens is 1. The number of piperazine rings is 1. The molecule has 0 aliphatic carbocycles. The number of fused-ring (bicyclic) bond motifs is 1. The van der Waals surface area contributed by atoms with Gasteiger partial charge in [0.05, 0.1) is 0 Å². The second-order valence-corrected chi connectivity index (χ2v) is 9.96. The summed E-state index contributed by atoms with van der Waals surface area (Å²) in [5, 5.41) is 13.7. The quantitative estimate of drug-likeness (QED) is 0.711. The molecule has 34 heavy (non-hydrogen) atoms. The van der Waals surface area contributed by atoms with Gasteiger partial charge in [0.25, 0.3) is 0 Å². The van der Waals surface area contributed by atoms with Gasteiger partial charge in [-0.2, -0.15) is 10.2 Å². The molecule has 2 saturated heterocycles. The molecule has 4 heterocycles. The summed E-state index contributed by atoms with van der Waals surface area (Å²) < 4.78 is 6.33. The molecule has 5 rings (SSSR count). The third kappa shape index (κ3) is 4.76. The van der Waals surface area contributed by atoms with Crippen molar-refractivity contribution < 1.29 is 4.74 Å². The maximum Gasteiger partial charge on any atom is 0.234 e. The Morgan fingerprint density at radius 3 is 2.76 bits per heavy atom. The number of likely N-dealkylation sites (N-methyl/N-ethyl adjacent to an activating group) is 1. The molecule has 3 aliphatic heterocycles. The van der Waals surface area contributed by atoms with Gasteiger partial charge in [0.1, 0.15) is 24.1 Å². The molecule has 2 aromatic rings. The molecule has 180 valence electrons. The van der Waals surface area contributed by atoms with E-state index < -0.39 is 0 Å². The summed E-state index contributed by atoms with van der Waals surface area (Å²) in [5.74, 6) is 1.54. The van der Waals surface area contributed by atoms with Gasteiger partial charge in [0.2, 0.25) is 5.88 Å². The number of nitrogens with one attached hydrogen (secondary N) is 1. The molecule has 1 N–H and O–H groups in total. The highest BCUT2D eigenvalue weighted by atomic mass is 16.5. The summed E-state index contributed by atoms with van der Waals surface area (Å²) in [6.45, 7) is 9.36. The molecule has 2 atom stereocenters. The minimum Gasteiger partial charge on any atom is -0.475 e. The van der Waals surface area contributed by atoms with Crippen LogP contribution in [-0.2, 0) is 19.5 Å². The fourth-order valence-corrected chi connectivity index (χ4v) is 5.60. The number of anilines is 1. The zero-order valence-electron chi connectivity index (χ0n) is 20.5. The number of hydrogen-bond donors (Lipinski definition) is 1. The van der Waals surface area contributed by atoms with Gasteiger partial charge in [-0.1, -0.05) is 30.3 Å². The molecule has 2 fully saturated rings. The third-order valence-electron chi connectivity index (χ3n) is 7.64. The van der Waals surface area contributed by atoms with Crippen LogP contribution in [0, 0.1) is 11.3 Å². The van der Waals surface area contributed by atoms with E-state index in [0.29, 0.717) is 30.1 Å². The lowest BCUT2D eigenvalue weighted by Crippen LogP contribution is -2.51. The number of nitrogens with zero attached hydrogens (tertiary/aromatic N) is 5. The van der Waals surface area contributed by atoms with Crippen LogP contribution in [0.2, 0.25) is 0 Å². The van der Waals surface area contributed by atoms with E-state index >= 15 is 0 Å². The van der Waals surface area contributed by atoms with E-state index in [1.165, 1.54) is 17.5 Å². The van der Waals surface area contributed by atoms with Crippen LogP contribution in [0.25, 0.3) is 0 Å². The standard InChI is InChI=1S/C27H36N6O/c1-20-16-29-11-14-33(20)26-23-10-13-32(17-21-7-4-3-5-8-21)18-25(23)24(15-28)27(30-26)34-19-22-9-6-12-31(22)2/h3-5,7-8,20,22,29H,6,9-14,16-19H2,1-2H3/t20-,22?/m0/s1. The van der Waals surface area contributed by atoms with Crippen LogP contribution < -0.4 is 15.0 Å². The number of ether oxygens (including phenoxy) is 1. The Kier molecular flexibility index (Phi) is 7.00. The minimum absolute atomic E-state index is 0.356. The Bertz CT molecular complexity index is 1040. The molecule has 1 unspecified atom stereocenters. The van der Waals surface area contributed by atoms with Crippen LogP contribution in [0.1, 0.15) is 42.0 Å². The molecule has 1 aromatic heterocycles. The Hall–Kier alpha value is -2.66. The van der Waals surface area contributed by atoms with E-state index in [9.17, 15) is 5.26 Å². The summed E-state index contributed by atoms with van der Waals surface area (Å²) in [5.41, 5.74) is 4.27. The number of likely N-dealkylation sites (tertiary alicyclic amines) is 1. The van der Waals surface area contributed by atoms with Crippen molar-refractivity contribution in [3.63, 3.8) is 0 Å². The van der Waals surface area contributed by atoms with E-state index in [1.807, 2.05) is 0 Å². The van der Waals surface area contributed by atoms with Crippen molar-refractivity contribution in [2.24, 2.45) is 0 Å². The second-order valence-electron chi connectivity index (χ2n) is 9.96. The van der Waals surface area contributed by atoms with E-state index in [2.05, 4.69) is 70.4 Å². The molecule has 0 bridgehead atoms. The molecular formula is C27H36N6O. The van der Waals surface area contributed by atoms with Crippen molar-refractivity contribution >= 4 is 5.82 Å². The van der Waals surface area contributed by atoms with Gasteiger partial charge in [-0.05, 0) is 50.9 Å². The van der Waals surface area contributed by atoms with Gasteiger partial charge >= 0.3 is 0 Å². The van der Waals surface area contributed by atoms with Gasteiger partial charge < -0.3 is 19.9 Å². The fraction of sp³-hybridized carbons (Fsp3) is 0.556. The highest BCUT2D eigenvalue weighted by molar-refractivity contribution is 5.61. The van der Waals surface area contributed by atoms with Crippen LogP contribution in [0.3, 0.4) is 0 Å². The molecule has 0 radical (unpaired) electrons. The molecule has 7 heteroatoms. The monoisotopic (exact) mass is 460 g/mol. The Morgan fingerprint density at radius 2 is 2.03 bits per heavy atom. The van der Waals surface area contributed by atoms with Crippen molar-refractivity contribution in [2.45, 2.75) is 51.4 Å². The van der Waals surface area contributed by atoms with E-state index in [4.69, 9.17) is 9.72 Å². The smallest absolute Gasteiger partial charge is 0.234 e. The molecule has 0 spiro atoms. The van der Waals surface area contributed by atoms with E-state index in [1.54, 1.807) is 0 Å². The molecular weight excluding hydrogens is 424 g/mol. The van der Waals surface area contributed by atoms with Crippen LogP contribution >= 0.6 is 0 Å². The van der Waals surface area contributed by atoms with E-state index in [0.717, 1.165) is 70.0 Å². The Morgan fingerprint density at radius 1 is 1.18 bits per heavy atom. The van der Waals surface area contributed by atoms with Gasteiger partial charge in [-0.25, -0.2) is 0 Å². The fourth-order valence-electron chi connectivity index (χ4n) is 5.60. The van der Waals surface area contributed by atoms with Crippen molar-refractivity contribution in [3.05, 3.63) is 52.6 Å². The number of pyridine rings is 1. The summed E-state index contributed by atoms with van der Waals surface area (Å²) in [7, 11) is 2.15. The van der Waals surface area contributed by atoms with Crippen LogP contribution in [0.15, 0.2) is 30.3 Å². The molecule has 0 saturated carbocycles. The van der Waals surface area contributed by atoms with Crippen molar-refractivity contribution in [1.29, 1.82) is 5.26 Å². The lowest BCUT2D eigenvalue weighted by molar-refractivity contribution is 0.191. The molecule has 1 aromatic carbocycles. The topological polar surface area (TPSA) is 67.7 Å². The van der Waals surface area contributed by atoms with Gasteiger partial charge in [0.15, 0.2) is 0 Å². The van der Waals surface area contributed by atoms with Crippen LogP contribution in [-0.4, -0.2) is 73.2 Å². The van der Waals surface area contributed by atoms with E-state index in [-0.39, 0.29) is 0 Å². The van der Waals surface area contributed by atoms with Gasteiger partial charge in [-0.3, -0.25) is 4.90 Å². The SMILES string of the molecule is C[C@H]1CNCCN1c1nc(OCC2CCCN2C)c(C#N)c2c1CCN(Cc1ccccc1)C2. The zero-order chi connectivity index (χ0) is 23.5. The number of benzene rings is 1. The first-order valence-electron chi connectivity index (χ1n) is 12.7. The largest absolute Gasteiger partial charge is 0.475 e. The van der Waals surface area contributed by atoms with Crippen molar-refractivity contribution in [3.8, 4) is 11.9 Å². The zero-order valence-corrected chi connectivity index (χ0v) is 20.5. The predicted octanol–water partition coefficient (Wildman–Crippen LogP) is 2.78. The number of rotatable bonds is 6. The van der Waals surface area contributed by atoms with Gasteiger partial charge in [0, 0.05) is 56.9 Å². The maximum atomic E-state index is 10.2. The third-order valence-corrected chi connectivity index (χ3v) is 7.64. The van der Waals surface area contributed by atoms with Crippen molar-refractivity contribution in [1.82, 2.24) is 20.1 Å². The van der Waals surface area contributed by atoms with Crippen LogP contribution in [0.5, 0.6) is 5.88 Å². The second kappa shape index (κ2) is 10.3. The van der Waals surface area contributed by atoms with Crippen molar-refractivity contribution in [2.75, 3.05) is 51.3 Å². The normalized spacial score (nSPS) is 23.5. The summed E-state index contributed by atoms with van der Waals surface area (Å²) >= 11 is 0. The molecule has 3 aliphatic rings. The average Bonchev–Trinajstić information content (AvgIpc) is 3.27. The predicted molar refractivity (Wildman–Crippen MR) is 134 cm³/mol. The molecule has 7 nitrogen and oxygen atoms in total. The highest BCUT2D eigenvalue weighted by Crippen LogP contribution is 2.36. The van der Waals surface area contributed by atoms with Crippen LogP contribution in [0.4, 0.5) is 5.82 Å². The minimum atomic E-state index is 0.356. The number of hydrogen-bond acceptors (Lipinski definition) is 7. The lowest BCUT2D eigenvalue weighted by atomic mass is 9.95. The highest BCUT2D eigenvalue weighted by Gasteiger charge is 2.31. The number of nitriles is 1. The summed E-state index contributed by atoms with van der Waals surface area (Å²) in [6, 6.07) is 13.8. The molecule has 0 amide bonds. The van der Waals surface area contributed by atoms with Gasteiger partial charge in [-0.15, -0.1) is 0 Å². The first-order valence-corrected chi connectivity index (χ1v) is 12.7. The first kappa shape index (κ1) is 23.1. The summed E-state index contributed by atoms with van der Waals surface area (Å²) in [6.07, 6.45) is 3.24. The Labute approximate surface area is 203 Å².